The van der Waals surface area contributed by atoms with Crippen LogP contribution in [0.4, 0.5) is 11.4 Å². The fourth-order valence-electron chi connectivity index (χ4n) is 5.19. The summed E-state index contributed by atoms with van der Waals surface area (Å²) < 4.78 is 12.3. The summed E-state index contributed by atoms with van der Waals surface area (Å²) in [6, 6.07) is 12.8. The van der Waals surface area contributed by atoms with Gasteiger partial charge in [0.2, 0.25) is 5.72 Å². The van der Waals surface area contributed by atoms with Gasteiger partial charge in [-0.05, 0) is 50.1 Å². The third kappa shape index (κ3) is 4.64. The first-order valence-electron chi connectivity index (χ1n) is 12.5. The zero-order valence-electron chi connectivity index (χ0n) is 20.8. The molecule has 2 aromatic carbocycles. The Bertz CT molecular complexity index is 1130. The Morgan fingerprint density at radius 1 is 1.11 bits per heavy atom. The first-order chi connectivity index (χ1) is 16.8. The number of nitro benzene ring substituents is 1. The molecule has 0 amide bonds. The van der Waals surface area contributed by atoms with E-state index in [0.717, 1.165) is 30.5 Å². The van der Waals surface area contributed by atoms with Crippen LogP contribution in [-0.4, -0.2) is 29.8 Å². The van der Waals surface area contributed by atoms with E-state index in [9.17, 15) is 14.9 Å². The van der Waals surface area contributed by atoms with Crippen LogP contribution in [-0.2, 0) is 14.9 Å². The molecule has 0 aliphatic carbocycles. The average molecular weight is 479 g/mol. The summed E-state index contributed by atoms with van der Waals surface area (Å²) in [5.41, 5.74) is 1.58. The second-order valence-corrected chi connectivity index (χ2v) is 9.79. The first-order valence-corrected chi connectivity index (χ1v) is 12.5. The van der Waals surface area contributed by atoms with Gasteiger partial charge in [0.25, 0.3) is 5.69 Å². The molecule has 0 unspecified atom stereocenters. The van der Waals surface area contributed by atoms with E-state index in [1.165, 1.54) is 25.0 Å². The molecule has 0 saturated heterocycles. The Kier molecular flexibility index (Phi) is 7.15. The van der Waals surface area contributed by atoms with E-state index in [0.29, 0.717) is 24.3 Å². The monoisotopic (exact) mass is 478 g/mol. The average Bonchev–Trinajstić information content (AvgIpc) is 3.02. The van der Waals surface area contributed by atoms with E-state index in [4.69, 9.17) is 9.47 Å². The number of hydrogen-bond donors (Lipinski definition) is 0. The van der Waals surface area contributed by atoms with Gasteiger partial charge in [-0.15, -0.1) is 0 Å². The van der Waals surface area contributed by atoms with E-state index >= 15 is 0 Å². The largest absolute Gasteiger partial charge is 0.464 e. The van der Waals surface area contributed by atoms with Crippen LogP contribution >= 0.6 is 0 Å². The lowest BCUT2D eigenvalue weighted by molar-refractivity contribution is -0.384. The summed E-state index contributed by atoms with van der Waals surface area (Å²) in [7, 11) is 0. The molecular weight excluding hydrogens is 444 g/mol. The molecule has 0 N–H and O–H groups in total. The van der Waals surface area contributed by atoms with Crippen molar-refractivity contribution in [2.75, 3.05) is 18.1 Å². The van der Waals surface area contributed by atoms with Crippen molar-refractivity contribution in [2.24, 2.45) is 0 Å². The van der Waals surface area contributed by atoms with Crippen molar-refractivity contribution in [2.45, 2.75) is 70.4 Å². The maximum absolute atomic E-state index is 12.3. The van der Waals surface area contributed by atoms with Gasteiger partial charge in [-0.25, -0.2) is 0 Å². The summed E-state index contributed by atoms with van der Waals surface area (Å²) in [5.74, 6) is 0.424. The molecule has 7 nitrogen and oxygen atoms in total. The third-order valence-electron chi connectivity index (χ3n) is 7.19. The zero-order chi connectivity index (χ0) is 25.1. The normalized spacial score (nSPS) is 19.2. The Labute approximate surface area is 206 Å². The van der Waals surface area contributed by atoms with E-state index in [1.54, 1.807) is 6.07 Å². The molecule has 0 bridgehead atoms. The smallest absolute Gasteiger partial charge is 0.305 e. The van der Waals surface area contributed by atoms with Gasteiger partial charge in [-0.2, -0.15) is 0 Å². The highest BCUT2D eigenvalue weighted by Crippen LogP contribution is 2.54. The van der Waals surface area contributed by atoms with Crippen molar-refractivity contribution in [1.82, 2.24) is 0 Å². The maximum atomic E-state index is 12.3. The van der Waals surface area contributed by atoms with Crippen molar-refractivity contribution < 1.29 is 19.2 Å². The van der Waals surface area contributed by atoms with E-state index in [1.807, 2.05) is 24.3 Å². The van der Waals surface area contributed by atoms with Crippen molar-refractivity contribution in [3.63, 3.8) is 0 Å². The lowest BCUT2D eigenvalue weighted by atomic mass is 9.76. The molecular formula is C28H34N2O5. The van der Waals surface area contributed by atoms with Crippen molar-refractivity contribution in [1.29, 1.82) is 0 Å². The number of carbonyl (C=O) groups excluding carboxylic acids is 1. The summed E-state index contributed by atoms with van der Waals surface area (Å²) in [6.07, 6.45) is 9.76. The molecule has 2 heterocycles. The second kappa shape index (κ2) is 10.1. The van der Waals surface area contributed by atoms with Gasteiger partial charge in [-0.1, -0.05) is 50.8 Å². The Hall–Kier alpha value is -3.35. The number of carbonyl (C=O) groups is 1. The van der Waals surface area contributed by atoms with Crippen LogP contribution in [0.1, 0.15) is 70.4 Å². The van der Waals surface area contributed by atoms with Crippen molar-refractivity contribution in [3.05, 3.63) is 69.8 Å². The van der Waals surface area contributed by atoms with Crippen LogP contribution in [0.5, 0.6) is 5.75 Å². The summed E-state index contributed by atoms with van der Waals surface area (Å²) in [5, 5.41) is 11.2. The molecule has 4 rings (SSSR count). The molecule has 0 radical (unpaired) electrons. The number of non-ortho nitro benzene ring substituents is 1. The van der Waals surface area contributed by atoms with Crippen LogP contribution < -0.4 is 9.64 Å². The van der Waals surface area contributed by atoms with Crippen molar-refractivity contribution in [3.8, 4) is 5.75 Å². The molecule has 0 saturated carbocycles. The quantitative estimate of drug-likeness (QED) is 0.170. The number of rotatable bonds is 10. The Morgan fingerprint density at radius 3 is 2.66 bits per heavy atom. The van der Waals surface area contributed by atoms with Gasteiger partial charge < -0.3 is 14.4 Å². The third-order valence-corrected chi connectivity index (χ3v) is 7.19. The summed E-state index contributed by atoms with van der Waals surface area (Å²) in [4.78, 5) is 25.3. The minimum absolute atomic E-state index is 0.0281. The van der Waals surface area contributed by atoms with Gasteiger partial charge in [-0.3, -0.25) is 14.9 Å². The molecule has 1 atom stereocenters. The molecule has 186 valence electrons. The highest BCUT2D eigenvalue weighted by Gasteiger charge is 2.58. The molecule has 2 aliphatic heterocycles. The maximum Gasteiger partial charge on any atom is 0.305 e. The van der Waals surface area contributed by atoms with Gasteiger partial charge in [0.1, 0.15) is 12.4 Å². The number of nitrogens with zero attached hydrogens (tertiary/aromatic N) is 2. The number of ether oxygens (including phenoxy) is 2. The molecule has 0 aromatic heterocycles. The number of para-hydroxylation sites is 1. The van der Waals surface area contributed by atoms with E-state index in [2.05, 4.69) is 37.8 Å². The number of anilines is 1. The predicted octanol–water partition coefficient (Wildman–Crippen LogP) is 6.40. The Balaban J connectivity index is 1.53. The number of unbranched alkanes of at least 4 members (excludes halogenated alkanes) is 4. The lowest BCUT2D eigenvalue weighted by Crippen LogP contribution is -2.60. The molecule has 35 heavy (non-hydrogen) atoms. The number of nitro groups is 1. The minimum Gasteiger partial charge on any atom is -0.464 e. The van der Waals surface area contributed by atoms with Gasteiger partial charge in [0.15, 0.2) is 0 Å². The summed E-state index contributed by atoms with van der Waals surface area (Å²) in [6.45, 7) is 7.16. The number of hydrogen-bond acceptors (Lipinski definition) is 6. The highest BCUT2D eigenvalue weighted by atomic mass is 16.6. The zero-order valence-corrected chi connectivity index (χ0v) is 20.8. The fraction of sp³-hybridized carbons (Fsp3) is 0.464. The molecule has 7 heteroatoms. The molecule has 1 spiro atoms. The van der Waals surface area contributed by atoms with Crippen LogP contribution in [0.3, 0.4) is 0 Å². The van der Waals surface area contributed by atoms with Gasteiger partial charge in [0, 0.05) is 29.8 Å². The summed E-state index contributed by atoms with van der Waals surface area (Å²) >= 11 is 0. The molecule has 0 fully saturated rings. The number of benzene rings is 2. The molecule has 2 aromatic rings. The predicted molar refractivity (Wildman–Crippen MR) is 137 cm³/mol. The molecule has 2 aliphatic rings. The second-order valence-electron chi connectivity index (χ2n) is 9.79. The number of fused-ring (bicyclic) bond motifs is 2. The fourth-order valence-corrected chi connectivity index (χ4v) is 5.19. The van der Waals surface area contributed by atoms with E-state index < -0.39 is 16.1 Å². The Morgan fingerprint density at radius 2 is 1.89 bits per heavy atom. The van der Waals surface area contributed by atoms with Crippen LogP contribution in [0.25, 0.3) is 6.08 Å². The van der Waals surface area contributed by atoms with Gasteiger partial charge >= 0.3 is 5.97 Å². The van der Waals surface area contributed by atoms with Gasteiger partial charge in [0.05, 0.1) is 16.9 Å². The first kappa shape index (κ1) is 24.8. The number of esters is 1. The highest BCUT2D eigenvalue weighted by molar-refractivity contribution is 5.73. The topological polar surface area (TPSA) is 81.9 Å². The van der Waals surface area contributed by atoms with Crippen LogP contribution in [0, 0.1) is 10.1 Å². The standard InChI is InChI=1S/C28H34N2O5/c1-4-5-6-7-8-13-26(31)34-19-18-29-24-12-10-9-11-23(24)27(2,3)28(29)17-16-21-20-22(30(32)33)14-15-25(21)35-28/h9-12,14-17,20H,4-8,13,18-19H2,1-3H3/t28-/m0/s1. The lowest BCUT2D eigenvalue weighted by Gasteiger charge is -2.47. The van der Waals surface area contributed by atoms with Crippen LogP contribution in [0.15, 0.2) is 48.5 Å². The van der Waals surface area contributed by atoms with Crippen LogP contribution in [0.2, 0.25) is 0 Å². The van der Waals surface area contributed by atoms with E-state index in [-0.39, 0.29) is 18.3 Å². The SMILES string of the molecule is CCCCCCCC(=O)OCCN1c2ccccc2C(C)(C)[C@@]12C=Cc1cc([N+](=O)[O-])ccc1O2. The van der Waals surface area contributed by atoms with Crippen molar-refractivity contribution >= 4 is 23.4 Å². The minimum atomic E-state index is -0.855.